The van der Waals surface area contributed by atoms with Crippen LogP contribution in [0.3, 0.4) is 0 Å². The van der Waals surface area contributed by atoms with E-state index in [-0.39, 0.29) is 11.9 Å². The third kappa shape index (κ3) is 4.28. The van der Waals surface area contributed by atoms with E-state index in [0.717, 1.165) is 18.4 Å². The minimum atomic E-state index is -0.418. The predicted octanol–water partition coefficient (Wildman–Crippen LogP) is 1.15. The summed E-state index contributed by atoms with van der Waals surface area (Å²) in [4.78, 5) is 23.4. The van der Waals surface area contributed by atoms with Gasteiger partial charge in [0.25, 0.3) is 0 Å². The van der Waals surface area contributed by atoms with Crippen molar-refractivity contribution in [3.63, 3.8) is 0 Å². The lowest BCUT2D eigenvalue weighted by atomic mass is 10.1. The van der Waals surface area contributed by atoms with Gasteiger partial charge in [-0.25, -0.2) is 4.79 Å². The minimum absolute atomic E-state index is 0.0904. The zero-order chi connectivity index (χ0) is 13.5. The molecule has 5 nitrogen and oxygen atoms in total. The lowest BCUT2D eigenvalue weighted by Crippen LogP contribution is -2.48. The second kappa shape index (κ2) is 6.78. The Morgan fingerprint density at radius 3 is 2.84 bits per heavy atom. The van der Waals surface area contributed by atoms with Crippen molar-refractivity contribution in [2.75, 3.05) is 6.54 Å². The van der Waals surface area contributed by atoms with Gasteiger partial charge in [-0.05, 0) is 24.8 Å². The normalized spacial score (nSPS) is 19.2. The summed E-state index contributed by atoms with van der Waals surface area (Å²) in [5.74, 6) is -0.0904. The van der Waals surface area contributed by atoms with Gasteiger partial charge in [-0.1, -0.05) is 30.3 Å². The highest BCUT2D eigenvalue weighted by atomic mass is 16.2. The van der Waals surface area contributed by atoms with Crippen molar-refractivity contribution in [3.05, 3.63) is 35.9 Å². The quantitative estimate of drug-likeness (QED) is 0.764. The topological polar surface area (TPSA) is 70.2 Å². The highest BCUT2D eigenvalue weighted by molar-refractivity contribution is 5.87. The van der Waals surface area contributed by atoms with Crippen LogP contribution in [0.15, 0.2) is 30.3 Å². The van der Waals surface area contributed by atoms with E-state index in [1.54, 1.807) is 0 Å². The third-order valence-corrected chi connectivity index (χ3v) is 3.14. The first-order valence-electron chi connectivity index (χ1n) is 6.62. The van der Waals surface area contributed by atoms with Gasteiger partial charge in [0.15, 0.2) is 0 Å². The third-order valence-electron chi connectivity index (χ3n) is 3.14. The first kappa shape index (κ1) is 13.4. The van der Waals surface area contributed by atoms with Crippen molar-refractivity contribution in [3.8, 4) is 0 Å². The number of amides is 3. The molecule has 3 N–H and O–H groups in total. The molecule has 1 aromatic carbocycles. The van der Waals surface area contributed by atoms with Crippen LogP contribution in [0.5, 0.6) is 0 Å². The van der Waals surface area contributed by atoms with Crippen molar-refractivity contribution >= 4 is 11.9 Å². The molecule has 0 bridgehead atoms. The number of carbonyl (C=O) groups excluding carboxylic acids is 2. The van der Waals surface area contributed by atoms with Crippen LogP contribution in [0.25, 0.3) is 0 Å². The second-order valence-corrected chi connectivity index (χ2v) is 4.65. The van der Waals surface area contributed by atoms with Crippen LogP contribution in [0.2, 0.25) is 0 Å². The highest BCUT2D eigenvalue weighted by Gasteiger charge is 2.21. The van der Waals surface area contributed by atoms with Crippen molar-refractivity contribution in [1.29, 1.82) is 0 Å². The SMILES string of the molecule is O=C(NCc1ccccc1)N[C@@H]1CCCCNC1=O. The Labute approximate surface area is 112 Å². The fourth-order valence-corrected chi connectivity index (χ4v) is 2.06. The van der Waals surface area contributed by atoms with Crippen molar-refractivity contribution in [2.45, 2.75) is 31.8 Å². The van der Waals surface area contributed by atoms with Gasteiger partial charge in [0, 0.05) is 13.1 Å². The number of nitrogens with one attached hydrogen (secondary N) is 3. The summed E-state index contributed by atoms with van der Waals surface area (Å²) < 4.78 is 0. The molecule has 102 valence electrons. The maximum atomic E-state index is 11.7. The summed E-state index contributed by atoms with van der Waals surface area (Å²) in [6.45, 7) is 1.16. The Balaban J connectivity index is 1.79. The lowest BCUT2D eigenvalue weighted by molar-refractivity contribution is -0.122. The maximum absolute atomic E-state index is 11.7. The van der Waals surface area contributed by atoms with E-state index in [0.29, 0.717) is 19.5 Å². The largest absolute Gasteiger partial charge is 0.354 e. The summed E-state index contributed by atoms with van der Waals surface area (Å²) in [5, 5.41) is 8.27. The van der Waals surface area contributed by atoms with E-state index < -0.39 is 6.04 Å². The van der Waals surface area contributed by atoms with E-state index >= 15 is 0 Å². The van der Waals surface area contributed by atoms with Crippen molar-refractivity contribution in [1.82, 2.24) is 16.0 Å². The fraction of sp³-hybridized carbons (Fsp3) is 0.429. The molecule has 0 aliphatic carbocycles. The molecule has 1 saturated heterocycles. The molecular weight excluding hydrogens is 242 g/mol. The zero-order valence-electron chi connectivity index (χ0n) is 10.8. The molecule has 1 fully saturated rings. The van der Waals surface area contributed by atoms with Gasteiger partial charge < -0.3 is 16.0 Å². The number of hydrogen-bond acceptors (Lipinski definition) is 2. The molecule has 5 heteroatoms. The van der Waals surface area contributed by atoms with E-state index in [9.17, 15) is 9.59 Å². The van der Waals surface area contributed by atoms with Crippen LogP contribution in [0, 0.1) is 0 Å². The van der Waals surface area contributed by atoms with E-state index in [1.165, 1.54) is 0 Å². The smallest absolute Gasteiger partial charge is 0.315 e. The Kier molecular flexibility index (Phi) is 4.78. The van der Waals surface area contributed by atoms with E-state index in [1.807, 2.05) is 30.3 Å². The maximum Gasteiger partial charge on any atom is 0.315 e. The standard InChI is InChI=1S/C14H19N3O2/c18-13-12(8-4-5-9-15-13)17-14(19)16-10-11-6-2-1-3-7-11/h1-3,6-7,12H,4-5,8-10H2,(H,15,18)(H2,16,17,19)/t12-/m1/s1. The molecule has 1 atom stereocenters. The molecule has 1 aliphatic heterocycles. The lowest BCUT2D eigenvalue weighted by Gasteiger charge is -2.15. The van der Waals surface area contributed by atoms with Gasteiger partial charge in [-0.2, -0.15) is 0 Å². The van der Waals surface area contributed by atoms with Gasteiger partial charge in [-0.15, -0.1) is 0 Å². The highest BCUT2D eigenvalue weighted by Crippen LogP contribution is 2.05. The van der Waals surface area contributed by atoms with Crippen LogP contribution in [0.1, 0.15) is 24.8 Å². The van der Waals surface area contributed by atoms with Gasteiger partial charge in [-0.3, -0.25) is 4.79 Å². The van der Waals surface area contributed by atoms with E-state index in [2.05, 4.69) is 16.0 Å². The van der Waals surface area contributed by atoms with Crippen molar-refractivity contribution in [2.24, 2.45) is 0 Å². The van der Waals surface area contributed by atoms with Crippen LogP contribution in [-0.4, -0.2) is 24.5 Å². The first-order chi connectivity index (χ1) is 9.25. The molecule has 1 aliphatic rings. The zero-order valence-corrected chi connectivity index (χ0v) is 10.8. The van der Waals surface area contributed by atoms with Gasteiger partial charge in [0.05, 0.1) is 0 Å². The molecule has 3 amide bonds. The average Bonchev–Trinajstić information content (AvgIpc) is 2.63. The number of hydrogen-bond donors (Lipinski definition) is 3. The summed E-state index contributed by atoms with van der Waals surface area (Å²) in [6.07, 6.45) is 2.61. The second-order valence-electron chi connectivity index (χ2n) is 4.65. The average molecular weight is 261 g/mol. The van der Waals surface area contributed by atoms with Crippen LogP contribution < -0.4 is 16.0 Å². The number of rotatable bonds is 3. The Bertz CT molecular complexity index is 434. The Morgan fingerprint density at radius 2 is 2.05 bits per heavy atom. The molecule has 0 spiro atoms. The fourth-order valence-electron chi connectivity index (χ4n) is 2.06. The van der Waals surface area contributed by atoms with Crippen LogP contribution in [-0.2, 0) is 11.3 Å². The molecule has 0 aromatic heterocycles. The van der Waals surface area contributed by atoms with Gasteiger partial charge in [0.1, 0.15) is 6.04 Å². The number of carbonyl (C=O) groups is 2. The molecule has 2 rings (SSSR count). The number of benzene rings is 1. The molecule has 19 heavy (non-hydrogen) atoms. The Morgan fingerprint density at radius 1 is 1.26 bits per heavy atom. The van der Waals surface area contributed by atoms with E-state index in [4.69, 9.17) is 0 Å². The summed E-state index contributed by atoms with van der Waals surface area (Å²) in [7, 11) is 0. The molecular formula is C14H19N3O2. The van der Waals surface area contributed by atoms with Crippen molar-refractivity contribution < 1.29 is 9.59 Å². The molecule has 1 heterocycles. The molecule has 0 radical (unpaired) electrons. The predicted molar refractivity (Wildman–Crippen MR) is 72.5 cm³/mol. The summed E-state index contributed by atoms with van der Waals surface area (Å²) in [5.41, 5.74) is 1.03. The van der Waals surface area contributed by atoms with Gasteiger partial charge in [0.2, 0.25) is 5.91 Å². The molecule has 0 saturated carbocycles. The summed E-state index contributed by atoms with van der Waals surface area (Å²) in [6, 6.07) is 8.95. The van der Waals surface area contributed by atoms with Crippen LogP contribution >= 0.6 is 0 Å². The minimum Gasteiger partial charge on any atom is -0.354 e. The number of urea groups is 1. The van der Waals surface area contributed by atoms with Crippen LogP contribution in [0.4, 0.5) is 4.79 Å². The molecule has 0 unspecified atom stereocenters. The summed E-state index contributed by atoms with van der Waals surface area (Å²) >= 11 is 0. The first-order valence-corrected chi connectivity index (χ1v) is 6.62. The monoisotopic (exact) mass is 261 g/mol. The van der Waals surface area contributed by atoms with Gasteiger partial charge >= 0.3 is 6.03 Å². The Hall–Kier alpha value is -2.04. The molecule has 1 aromatic rings.